The Hall–Kier alpha value is -1.31. The quantitative estimate of drug-likeness (QED) is 0.218. The van der Waals surface area contributed by atoms with Crippen LogP contribution in [0.5, 0.6) is 0 Å². The van der Waals surface area contributed by atoms with E-state index in [1.807, 2.05) is 14.1 Å². The van der Waals surface area contributed by atoms with Crippen molar-refractivity contribution >= 4 is 5.97 Å². The van der Waals surface area contributed by atoms with Crippen molar-refractivity contribution in [1.82, 2.24) is 4.90 Å². The molecule has 1 N–H and O–H groups in total. The van der Waals surface area contributed by atoms with E-state index in [9.17, 15) is 9.90 Å². The highest BCUT2D eigenvalue weighted by atomic mass is 16.5. The van der Waals surface area contributed by atoms with Gasteiger partial charge in [0.1, 0.15) is 12.2 Å². The molecule has 230 valence electrons. The predicted octanol–water partition coefficient (Wildman–Crippen LogP) is 7.50. The summed E-state index contributed by atoms with van der Waals surface area (Å²) in [5, 5.41) is 11.8. The fourth-order valence-corrected chi connectivity index (χ4v) is 12.5. The summed E-state index contributed by atoms with van der Waals surface area (Å²) in [5.74, 6) is 9.29. The van der Waals surface area contributed by atoms with E-state index in [2.05, 4.69) is 64.9 Å². The molecule has 0 amide bonds. The van der Waals surface area contributed by atoms with Gasteiger partial charge >= 0.3 is 5.97 Å². The van der Waals surface area contributed by atoms with Crippen LogP contribution in [0.3, 0.4) is 0 Å². The van der Waals surface area contributed by atoms with Crippen LogP contribution in [0.2, 0.25) is 0 Å². The lowest BCUT2D eigenvalue weighted by Crippen LogP contribution is -2.67. The van der Waals surface area contributed by atoms with Gasteiger partial charge in [-0.3, -0.25) is 9.69 Å². The van der Waals surface area contributed by atoms with E-state index in [1.54, 1.807) is 6.92 Å². The summed E-state index contributed by atoms with van der Waals surface area (Å²) in [6, 6.07) is 0. The molecule has 11 atom stereocenters. The number of aliphatic hydroxyl groups is 1. The number of fused-ring (bicyclic) bond motifs is 7. The summed E-state index contributed by atoms with van der Waals surface area (Å²) < 4.78 is 5.94. The summed E-state index contributed by atoms with van der Waals surface area (Å²) in [4.78, 5) is 14.1. The van der Waals surface area contributed by atoms with Crippen LogP contribution in [0.15, 0.2) is 12.2 Å². The molecule has 5 rings (SSSR count). The Morgan fingerprint density at radius 3 is 2.27 bits per heavy atom. The van der Waals surface area contributed by atoms with E-state index in [0.29, 0.717) is 36.1 Å². The Morgan fingerprint density at radius 2 is 1.63 bits per heavy atom. The fourth-order valence-electron chi connectivity index (χ4n) is 12.5. The van der Waals surface area contributed by atoms with Crippen molar-refractivity contribution in [3.8, 4) is 11.8 Å². The Morgan fingerprint density at radius 1 is 0.927 bits per heavy atom. The van der Waals surface area contributed by atoms with E-state index in [0.717, 1.165) is 32.1 Å². The van der Waals surface area contributed by atoms with Crippen molar-refractivity contribution in [2.45, 2.75) is 125 Å². The van der Waals surface area contributed by atoms with Crippen LogP contribution in [0.25, 0.3) is 0 Å². The van der Waals surface area contributed by atoms with Gasteiger partial charge in [-0.25, -0.2) is 0 Å². The molecule has 0 aromatic carbocycles. The third-order valence-electron chi connectivity index (χ3n) is 14.6. The van der Waals surface area contributed by atoms with Gasteiger partial charge in [0.15, 0.2) is 0 Å². The number of allylic oxidation sites excluding steroid dienone is 1. The normalized spacial score (nSPS) is 47.1. The molecule has 5 aliphatic rings. The summed E-state index contributed by atoms with van der Waals surface area (Å²) in [6.07, 6.45) is 11.1. The second-order valence-corrected chi connectivity index (χ2v) is 16.8. The van der Waals surface area contributed by atoms with Crippen molar-refractivity contribution in [3.05, 3.63) is 12.2 Å². The topological polar surface area (TPSA) is 49.8 Å². The maximum absolute atomic E-state index is 12.0. The number of hydrogen-bond donors (Lipinski definition) is 1. The van der Waals surface area contributed by atoms with Crippen molar-refractivity contribution < 1.29 is 14.6 Å². The molecule has 4 nitrogen and oxygen atoms in total. The Balaban J connectivity index is 1.50. The third-order valence-corrected chi connectivity index (χ3v) is 14.6. The Kier molecular flexibility index (Phi) is 7.90. The van der Waals surface area contributed by atoms with Gasteiger partial charge in [-0.15, -0.1) is 0 Å². The van der Waals surface area contributed by atoms with Gasteiger partial charge in [0, 0.05) is 17.8 Å². The average molecular weight is 566 g/mol. The van der Waals surface area contributed by atoms with Gasteiger partial charge in [0.2, 0.25) is 0 Å². The molecule has 0 saturated heterocycles. The molecule has 5 saturated carbocycles. The minimum atomic E-state index is -0.558. The van der Waals surface area contributed by atoms with Crippen LogP contribution >= 0.6 is 0 Å². The lowest BCUT2D eigenvalue weighted by molar-refractivity contribution is -0.253. The summed E-state index contributed by atoms with van der Waals surface area (Å²) >= 11 is 0. The predicted molar refractivity (Wildman–Crippen MR) is 167 cm³/mol. The summed E-state index contributed by atoms with van der Waals surface area (Å²) in [5.41, 5.74) is 1.96. The van der Waals surface area contributed by atoms with Gasteiger partial charge in [-0.05, 0) is 131 Å². The van der Waals surface area contributed by atoms with Gasteiger partial charge < -0.3 is 9.84 Å². The molecule has 0 spiro atoms. The van der Waals surface area contributed by atoms with Crippen LogP contribution in [-0.2, 0) is 9.53 Å². The molecule has 4 heteroatoms. The molecule has 5 aliphatic carbocycles. The molecule has 0 bridgehead atoms. The number of hydrogen-bond acceptors (Lipinski definition) is 4. The number of rotatable bonds is 4. The van der Waals surface area contributed by atoms with Crippen LogP contribution in [0.4, 0.5) is 0 Å². The largest absolute Gasteiger partial charge is 0.462 e. The molecule has 0 aromatic rings. The van der Waals surface area contributed by atoms with Crippen molar-refractivity contribution in [2.75, 3.05) is 20.6 Å². The van der Waals surface area contributed by atoms with Crippen molar-refractivity contribution in [1.29, 1.82) is 0 Å². The van der Waals surface area contributed by atoms with E-state index < -0.39 is 6.10 Å². The minimum absolute atomic E-state index is 0.00862. The van der Waals surface area contributed by atoms with Crippen molar-refractivity contribution in [2.24, 2.45) is 56.7 Å². The Labute approximate surface area is 251 Å². The van der Waals surface area contributed by atoms with Crippen LogP contribution in [0.1, 0.15) is 113 Å². The van der Waals surface area contributed by atoms with Crippen molar-refractivity contribution in [3.63, 3.8) is 0 Å². The lowest BCUT2D eigenvalue weighted by Gasteiger charge is -2.73. The van der Waals surface area contributed by atoms with Gasteiger partial charge in [-0.1, -0.05) is 58.6 Å². The van der Waals surface area contributed by atoms with Crippen LogP contribution in [-0.4, -0.2) is 48.8 Å². The number of carbonyl (C=O) groups excluding carboxylic acids is 1. The van der Waals surface area contributed by atoms with Gasteiger partial charge in [-0.2, -0.15) is 0 Å². The molecule has 0 unspecified atom stereocenters. The summed E-state index contributed by atoms with van der Waals surface area (Å²) in [6.45, 7) is 21.7. The van der Waals surface area contributed by atoms with Crippen LogP contribution in [0, 0.1) is 68.5 Å². The first-order valence-corrected chi connectivity index (χ1v) is 16.7. The Bertz CT molecular complexity index is 1110. The maximum Gasteiger partial charge on any atom is 0.302 e. The van der Waals surface area contributed by atoms with Crippen LogP contribution < -0.4 is 0 Å². The molecule has 5 fully saturated rings. The fraction of sp³-hybridized carbons (Fsp3) is 0.865. The second kappa shape index (κ2) is 10.4. The first-order valence-electron chi connectivity index (χ1n) is 16.7. The second-order valence-electron chi connectivity index (χ2n) is 16.8. The number of ether oxygens (including phenoxy) is 1. The molecule has 0 aromatic heterocycles. The number of aliphatic hydroxyl groups excluding tert-OH is 1. The highest BCUT2D eigenvalue weighted by Crippen LogP contribution is 2.77. The molecule has 0 aliphatic heterocycles. The SMILES string of the molecule is C=C(C)[C@@H]1CC[C@]2([C@H](O)C#CCN(C)C)CC[C@]3(C)[C@H](CC[C@@H]4[C@@]5(C)CC[C@H](OC(C)=O)C(C)(C)[C@@H]5CC[C@]43C)[C@@H]12. The number of carbonyl (C=O) groups is 1. The monoisotopic (exact) mass is 565 g/mol. The van der Waals surface area contributed by atoms with E-state index in [-0.39, 0.29) is 39.1 Å². The number of nitrogens with zero attached hydrogens (tertiary/aromatic N) is 1. The van der Waals surface area contributed by atoms with E-state index in [1.165, 1.54) is 37.7 Å². The van der Waals surface area contributed by atoms with Gasteiger partial charge in [0.05, 0.1) is 6.54 Å². The third kappa shape index (κ3) is 4.49. The summed E-state index contributed by atoms with van der Waals surface area (Å²) in [7, 11) is 4.08. The first kappa shape index (κ1) is 31.1. The standard InChI is InChI=1S/C37H59NO3/c1-24(2)26-15-20-37(30(40)12-11-23-38(9)10)22-21-35(7)27(32(26)37)13-14-29-34(6)18-17-31(41-25(3)39)33(4,5)28(34)16-19-36(29,35)8/h26-32,40H,1,13-23H2,2-10H3/t26-,27+,28-,29+,30+,31-,32+,34-,35+,36+,37+/m0/s1. The zero-order chi connectivity index (χ0) is 30.2. The highest BCUT2D eigenvalue weighted by Gasteiger charge is 2.71. The highest BCUT2D eigenvalue weighted by molar-refractivity contribution is 5.66. The van der Waals surface area contributed by atoms with Gasteiger partial charge in [0.25, 0.3) is 0 Å². The molecule has 0 heterocycles. The number of esters is 1. The minimum Gasteiger partial charge on any atom is -0.462 e. The van der Waals surface area contributed by atoms with E-state index in [4.69, 9.17) is 4.74 Å². The smallest absolute Gasteiger partial charge is 0.302 e. The maximum atomic E-state index is 12.0. The average Bonchev–Trinajstić information content (AvgIpc) is 3.27. The molecular formula is C37H59NO3. The molecule has 0 radical (unpaired) electrons. The zero-order valence-corrected chi connectivity index (χ0v) is 27.7. The molecular weight excluding hydrogens is 506 g/mol. The first-order chi connectivity index (χ1) is 19.0. The van der Waals surface area contributed by atoms with E-state index >= 15 is 0 Å². The zero-order valence-electron chi connectivity index (χ0n) is 27.7. The lowest BCUT2D eigenvalue weighted by atomic mass is 9.32. The molecule has 41 heavy (non-hydrogen) atoms.